The molecule has 6 nitrogen and oxygen atoms in total. The average Bonchev–Trinajstić information content (AvgIpc) is 2.97. The Morgan fingerprint density at radius 2 is 2.35 bits per heavy atom. The highest BCUT2D eigenvalue weighted by Crippen LogP contribution is 2.21. The van der Waals surface area contributed by atoms with Crippen molar-refractivity contribution >= 4 is 5.69 Å². The molecule has 1 aromatic heterocycles. The second-order valence-corrected chi connectivity index (χ2v) is 4.55. The zero-order valence-corrected chi connectivity index (χ0v) is 11.4. The molecule has 2 N–H and O–H groups in total. The summed E-state index contributed by atoms with van der Waals surface area (Å²) in [6.45, 7) is 2.83. The van der Waals surface area contributed by atoms with Gasteiger partial charge in [0.05, 0.1) is 4.92 Å². The summed E-state index contributed by atoms with van der Waals surface area (Å²) < 4.78 is 0. The lowest BCUT2D eigenvalue weighted by Crippen LogP contribution is -2.23. The first-order valence-corrected chi connectivity index (χ1v) is 6.66. The molecule has 1 heterocycles. The Bertz CT molecular complexity index is 554. The van der Waals surface area contributed by atoms with Gasteiger partial charge in [-0.25, -0.2) is 4.98 Å². The molecule has 2 rings (SSSR count). The number of aromatic nitrogens is 2. The van der Waals surface area contributed by atoms with Crippen molar-refractivity contribution in [3.05, 3.63) is 58.2 Å². The van der Waals surface area contributed by atoms with E-state index in [2.05, 4.69) is 22.2 Å². The summed E-state index contributed by atoms with van der Waals surface area (Å²) in [7, 11) is 0. The van der Waals surface area contributed by atoms with Gasteiger partial charge in [-0.15, -0.1) is 0 Å². The van der Waals surface area contributed by atoms with E-state index in [0.29, 0.717) is 0 Å². The van der Waals surface area contributed by atoms with Gasteiger partial charge >= 0.3 is 0 Å². The summed E-state index contributed by atoms with van der Waals surface area (Å²) in [6, 6.07) is 6.91. The van der Waals surface area contributed by atoms with Crippen LogP contribution in [0.4, 0.5) is 5.69 Å². The summed E-state index contributed by atoms with van der Waals surface area (Å²) in [4.78, 5) is 17.7. The molecule has 0 bridgehead atoms. The maximum atomic E-state index is 10.8. The van der Waals surface area contributed by atoms with Crippen LogP contribution in [0.2, 0.25) is 0 Å². The SMILES string of the molecule is CCC(NCCc1ncc[nH]1)c1cccc([N+](=O)[O-])c1. The Morgan fingerprint density at radius 1 is 1.50 bits per heavy atom. The van der Waals surface area contributed by atoms with Crippen molar-refractivity contribution < 1.29 is 4.92 Å². The number of rotatable bonds is 7. The molecule has 1 atom stereocenters. The molecule has 20 heavy (non-hydrogen) atoms. The largest absolute Gasteiger partial charge is 0.349 e. The van der Waals surface area contributed by atoms with Gasteiger partial charge in [-0.1, -0.05) is 19.1 Å². The first kappa shape index (κ1) is 14.2. The molecule has 1 unspecified atom stereocenters. The van der Waals surface area contributed by atoms with E-state index in [0.717, 1.165) is 30.8 Å². The number of nitro benzene ring substituents is 1. The normalized spacial score (nSPS) is 12.2. The molecule has 0 amide bonds. The van der Waals surface area contributed by atoms with Gasteiger partial charge < -0.3 is 10.3 Å². The lowest BCUT2D eigenvalue weighted by molar-refractivity contribution is -0.384. The van der Waals surface area contributed by atoms with E-state index in [9.17, 15) is 10.1 Å². The summed E-state index contributed by atoms with van der Waals surface area (Å²) >= 11 is 0. The number of hydrogen-bond donors (Lipinski definition) is 2. The molecular weight excluding hydrogens is 256 g/mol. The average molecular weight is 274 g/mol. The number of nitrogens with zero attached hydrogens (tertiary/aromatic N) is 2. The van der Waals surface area contributed by atoms with Gasteiger partial charge in [0.2, 0.25) is 0 Å². The van der Waals surface area contributed by atoms with Gasteiger partial charge in [0.1, 0.15) is 5.82 Å². The predicted molar refractivity (Wildman–Crippen MR) is 76.4 cm³/mol. The fourth-order valence-corrected chi connectivity index (χ4v) is 2.15. The number of hydrogen-bond acceptors (Lipinski definition) is 4. The van der Waals surface area contributed by atoms with Crippen molar-refractivity contribution in [2.45, 2.75) is 25.8 Å². The highest BCUT2D eigenvalue weighted by atomic mass is 16.6. The minimum absolute atomic E-state index is 0.116. The van der Waals surface area contributed by atoms with Gasteiger partial charge in [0, 0.05) is 43.5 Å². The Balaban J connectivity index is 1.97. The third-order valence-corrected chi connectivity index (χ3v) is 3.20. The van der Waals surface area contributed by atoms with Gasteiger partial charge in [0.15, 0.2) is 0 Å². The number of non-ortho nitro benzene ring substituents is 1. The van der Waals surface area contributed by atoms with Crippen molar-refractivity contribution in [3.63, 3.8) is 0 Å². The molecule has 0 aliphatic carbocycles. The molecule has 0 saturated carbocycles. The predicted octanol–water partition coefficient (Wildman–Crippen LogP) is 2.60. The minimum Gasteiger partial charge on any atom is -0.349 e. The summed E-state index contributed by atoms with van der Waals surface area (Å²) in [5.41, 5.74) is 1.08. The van der Waals surface area contributed by atoms with Crippen molar-refractivity contribution in [1.29, 1.82) is 0 Å². The van der Waals surface area contributed by atoms with Crippen LogP contribution in [0.25, 0.3) is 0 Å². The van der Waals surface area contributed by atoms with Crippen LogP contribution in [-0.2, 0) is 6.42 Å². The molecule has 1 aromatic carbocycles. The number of benzene rings is 1. The summed E-state index contributed by atoms with van der Waals surface area (Å²) in [5.74, 6) is 0.936. The summed E-state index contributed by atoms with van der Waals surface area (Å²) in [5, 5.41) is 14.2. The van der Waals surface area contributed by atoms with Crippen LogP contribution < -0.4 is 5.32 Å². The van der Waals surface area contributed by atoms with E-state index in [-0.39, 0.29) is 16.7 Å². The van der Waals surface area contributed by atoms with Crippen molar-refractivity contribution in [2.24, 2.45) is 0 Å². The quantitative estimate of drug-likeness (QED) is 0.600. The highest BCUT2D eigenvalue weighted by molar-refractivity contribution is 5.35. The van der Waals surface area contributed by atoms with Crippen LogP contribution in [0.5, 0.6) is 0 Å². The van der Waals surface area contributed by atoms with Crippen molar-refractivity contribution in [2.75, 3.05) is 6.54 Å². The van der Waals surface area contributed by atoms with Gasteiger partial charge in [-0.2, -0.15) is 0 Å². The Kier molecular flexibility index (Phi) is 4.84. The van der Waals surface area contributed by atoms with E-state index in [1.807, 2.05) is 6.07 Å². The van der Waals surface area contributed by atoms with Gasteiger partial charge in [-0.05, 0) is 12.0 Å². The number of imidazole rings is 1. The van der Waals surface area contributed by atoms with Crippen LogP contribution in [0.3, 0.4) is 0 Å². The maximum Gasteiger partial charge on any atom is 0.269 e. The van der Waals surface area contributed by atoms with E-state index in [4.69, 9.17) is 0 Å². The first-order valence-electron chi connectivity index (χ1n) is 6.66. The smallest absolute Gasteiger partial charge is 0.269 e. The standard InChI is InChI=1S/C14H18N4O2/c1-2-13(15-7-6-14-16-8-9-17-14)11-4-3-5-12(10-11)18(19)20/h3-5,8-10,13,15H,2,6-7H2,1H3,(H,16,17). The number of aromatic amines is 1. The molecule has 0 saturated heterocycles. The third kappa shape index (κ3) is 3.64. The monoisotopic (exact) mass is 274 g/mol. The van der Waals surface area contributed by atoms with E-state index in [1.54, 1.807) is 24.5 Å². The van der Waals surface area contributed by atoms with Crippen molar-refractivity contribution in [3.8, 4) is 0 Å². The maximum absolute atomic E-state index is 10.8. The fourth-order valence-electron chi connectivity index (χ4n) is 2.15. The lowest BCUT2D eigenvalue weighted by Gasteiger charge is -2.16. The minimum atomic E-state index is -0.362. The molecule has 6 heteroatoms. The zero-order valence-electron chi connectivity index (χ0n) is 11.4. The van der Waals surface area contributed by atoms with Gasteiger partial charge in [0.25, 0.3) is 5.69 Å². The fraction of sp³-hybridized carbons (Fsp3) is 0.357. The molecule has 2 aromatic rings. The molecule has 0 radical (unpaired) electrons. The van der Waals surface area contributed by atoms with Crippen LogP contribution in [0, 0.1) is 10.1 Å². The molecule has 106 valence electrons. The van der Waals surface area contributed by atoms with Crippen LogP contribution >= 0.6 is 0 Å². The number of nitro groups is 1. The number of H-pyrrole nitrogens is 1. The van der Waals surface area contributed by atoms with Gasteiger partial charge in [-0.3, -0.25) is 10.1 Å². The second kappa shape index (κ2) is 6.81. The Morgan fingerprint density at radius 3 is 3.00 bits per heavy atom. The van der Waals surface area contributed by atoms with Crippen LogP contribution in [-0.4, -0.2) is 21.4 Å². The summed E-state index contributed by atoms with van der Waals surface area (Å²) in [6.07, 6.45) is 5.21. The third-order valence-electron chi connectivity index (χ3n) is 3.20. The first-order chi connectivity index (χ1) is 9.70. The Hall–Kier alpha value is -2.21. The van der Waals surface area contributed by atoms with E-state index < -0.39 is 0 Å². The molecule has 0 spiro atoms. The lowest BCUT2D eigenvalue weighted by atomic mass is 10.0. The molecule has 0 fully saturated rings. The highest BCUT2D eigenvalue weighted by Gasteiger charge is 2.12. The van der Waals surface area contributed by atoms with E-state index >= 15 is 0 Å². The Labute approximate surface area is 117 Å². The zero-order chi connectivity index (χ0) is 14.4. The van der Waals surface area contributed by atoms with Crippen molar-refractivity contribution in [1.82, 2.24) is 15.3 Å². The van der Waals surface area contributed by atoms with Crippen LogP contribution in [0.1, 0.15) is 30.8 Å². The molecular formula is C14H18N4O2. The second-order valence-electron chi connectivity index (χ2n) is 4.55. The number of nitrogens with one attached hydrogen (secondary N) is 2. The molecule has 0 aliphatic rings. The topological polar surface area (TPSA) is 83.8 Å². The molecule has 0 aliphatic heterocycles. The van der Waals surface area contributed by atoms with E-state index in [1.165, 1.54) is 6.07 Å². The van der Waals surface area contributed by atoms with Crippen LogP contribution in [0.15, 0.2) is 36.7 Å².